The molecule has 44 heavy (non-hydrogen) atoms. The minimum Gasteiger partial charge on any atom is -1.00 e. The molecule has 2 nitrogen and oxygen atoms in total. The van der Waals surface area contributed by atoms with Crippen molar-refractivity contribution in [2.24, 2.45) is 0 Å². The molecule has 2 aromatic carbocycles. The van der Waals surface area contributed by atoms with Crippen LogP contribution in [-0.2, 0) is 38.3 Å². The van der Waals surface area contributed by atoms with E-state index in [2.05, 4.69) is 79.7 Å². The smallest absolute Gasteiger partial charge is 1.00 e. The largest absolute Gasteiger partial charge is 2.00 e. The van der Waals surface area contributed by atoms with E-state index in [0.29, 0.717) is 34.8 Å². The van der Waals surface area contributed by atoms with Crippen LogP contribution in [0.5, 0.6) is 0 Å². The van der Waals surface area contributed by atoms with Gasteiger partial charge >= 0.3 is 47.8 Å². The molecule has 10 heteroatoms. The molecule has 2 aromatic rings. The van der Waals surface area contributed by atoms with E-state index in [0.717, 1.165) is 25.7 Å². The standard InChI is InChI=1S/C18H20N2S4.4C4H9.2ClH.2Sn/c21-17(22)19(13-15-7-3-1-4-8-15)11-12-20(18(23)24)14-16-9-5-2-6-10-16;4*1-3-4-2;;;;/h1-10H,11-14H2,(H,21,22)(H,23,24);4*1,3-4H2,2H3;2*1H;;/q;;;;;;;2*+2/p-4. The van der Waals surface area contributed by atoms with Crippen LogP contribution in [0.1, 0.15) is 90.2 Å². The Morgan fingerprint density at radius 1 is 0.545 bits per heavy atom. The second-order valence-corrected chi connectivity index (χ2v) is 10.8. The number of unbranched alkanes of at least 4 members (excludes halogenated alkanes) is 4. The Balaban J connectivity index is -0.000000115. The van der Waals surface area contributed by atoms with Crippen molar-refractivity contribution < 1.29 is 24.8 Å². The Kier molecular flexibility index (Phi) is 66.0. The number of rotatable bonds is 11. The molecule has 2 rings (SSSR count). The average Bonchev–Trinajstić information content (AvgIpc) is 2.99. The van der Waals surface area contributed by atoms with Crippen LogP contribution in [0.3, 0.4) is 0 Å². The van der Waals surface area contributed by atoms with Gasteiger partial charge in [0.05, 0.1) is 0 Å². The normalized spacial score (nSPS) is 8.27. The molecule has 0 saturated heterocycles. The van der Waals surface area contributed by atoms with Gasteiger partial charge in [0.2, 0.25) is 0 Å². The van der Waals surface area contributed by atoms with E-state index in [9.17, 15) is 0 Å². The second-order valence-electron chi connectivity index (χ2n) is 8.76. The van der Waals surface area contributed by atoms with Crippen LogP contribution in [0.15, 0.2) is 60.7 Å². The SMILES string of the molecule is S=C([S-])N(CCN(Cc1ccccc1)C(=S)[S-])Cc1ccccc1.[CH2]CCC.[CH2]CCC.[CH2]CCC.[CH2]CCC.[Cl-].[Cl-].[Sn+2].[Sn+2]. The van der Waals surface area contributed by atoms with Crippen LogP contribution in [-0.4, -0.2) is 79.3 Å². The van der Waals surface area contributed by atoms with Gasteiger partial charge in [-0.3, -0.25) is 0 Å². The Morgan fingerprint density at radius 3 is 0.909 bits per heavy atom. The molecule has 0 N–H and O–H groups in total. The maximum absolute atomic E-state index is 5.23. The first-order valence-electron chi connectivity index (χ1n) is 14.4. The molecule has 0 atom stereocenters. The van der Waals surface area contributed by atoms with Crippen molar-refractivity contribution in [1.82, 2.24) is 9.80 Å². The minimum absolute atomic E-state index is 0. The Bertz CT molecular complexity index is 725. The molecule has 0 spiro atoms. The first-order valence-corrected chi connectivity index (χ1v) is 16.0. The summed E-state index contributed by atoms with van der Waals surface area (Å²) < 4.78 is 0.933. The van der Waals surface area contributed by atoms with Gasteiger partial charge in [-0.25, -0.2) is 0 Å². The summed E-state index contributed by atoms with van der Waals surface area (Å²) in [4.78, 5) is 4.01. The van der Waals surface area contributed by atoms with E-state index in [4.69, 9.17) is 49.7 Å². The van der Waals surface area contributed by atoms with Gasteiger partial charge in [0, 0.05) is 26.2 Å². The summed E-state index contributed by atoms with van der Waals surface area (Å²) in [5.74, 6) is 0. The van der Waals surface area contributed by atoms with E-state index in [-0.39, 0.29) is 72.6 Å². The van der Waals surface area contributed by atoms with Gasteiger partial charge in [0.25, 0.3) is 0 Å². The molecule has 0 aliphatic carbocycles. The van der Waals surface area contributed by atoms with Gasteiger partial charge in [-0.05, 0) is 11.1 Å². The molecule has 0 aliphatic heterocycles. The molecule has 0 bridgehead atoms. The first-order chi connectivity index (χ1) is 19.2. The van der Waals surface area contributed by atoms with E-state index in [1.165, 1.54) is 36.8 Å². The van der Waals surface area contributed by atoms with Gasteiger partial charge in [-0.2, -0.15) is 0 Å². The van der Waals surface area contributed by atoms with Crippen LogP contribution in [0, 0.1) is 27.7 Å². The third-order valence-corrected chi connectivity index (χ3v) is 6.04. The Hall–Kier alpha value is 0.837. The number of hydrogen-bond acceptors (Lipinski definition) is 4. The zero-order chi connectivity index (χ0) is 31.0. The molecule has 0 aliphatic rings. The number of hydrogen-bond donors (Lipinski definition) is 0. The maximum atomic E-state index is 5.23. The van der Waals surface area contributed by atoms with Crippen molar-refractivity contribution in [3.05, 3.63) is 99.5 Å². The van der Waals surface area contributed by atoms with Crippen molar-refractivity contribution in [3.63, 3.8) is 0 Å². The van der Waals surface area contributed by atoms with E-state index >= 15 is 0 Å². The van der Waals surface area contributed by atoms with Crippen molar-refractivity contribution in [1.29, 1.82) is 0 Å². The average molecular weight is 927 g/mol. The third kappa shape index (κ3) is 42.8. The molecule has 0 fully saturated rings. The summed E-state index contributed by atoms with van der Waals surface area (Å²) in [7, 11) is 0. The molecule has 0 aromatic heterocycles. The summed E-state index contributed by atoms with van der Waals surface area (Å²) >= 11 is 20.9. The summed E-state index contributed by atoms with van der Waals surface area (Å²) in [5, 5.41) is 0. The Morgan fingerprint density at radius 2 is 0.750 bits per heavy atom. The third-order valence-electron chi connectivity index (χ3n) is 5.00. The molecular weight excluding hydrogens is 873 g/mol. The fraction of sp³-hybridized carbons (Fsp3) is 0.471. The maximum Gasteiger partial charge on any atom is 2.00 e. The minimum atomic E-state index is 0. The molecule has 8 radical (unpaired) electrons. The van der Waals surface area contributed by atoms with Crippen LogP contribution in [0.25, 0.3) is 0 Å². The zero-order valence-electron chi connectivity index (χ0n) is 27.4. The van der Waals surface area contributed by atoms with Gasteiger partial charge in [-0.1, -0.05) is 176 Å². The van der Waals surface area contributed by atoms with Crippen LogP contribution in [0.2, 0.25) is 0 Å². The fourth-order valence-electron chi connectivity index (χ4n) is 2.32. The number of benzene rings is 2. The quantitative estimate of drug-likeness (QED) is 0.193. The summed E-state index contributed by atoms with van der Waals surface area (Å²) in [6, 6.07) is 20.3. The number of halogens is 2. The molecule has 0 saturated carbocycles. The topological polar surface area (TPSA) is 6.48 Å². The van der Waals surface area contributed by atoms with Crippen molar-refractivity contribution in [2.45, 2.75) is 92.2 Å². The number of thiocarbonyl (C=S) groups is 2. The van der Waals surface area contributed by atoms with Crippen molar-refractivity contribution in [2.75, 3.05) is 13.1 Å². The summed E-state index contributed by atoms with van der Waals surface area (Å²) in [6.07, 6.45) is 9.11. The predicted molar refractivity (Wildman–Crippen MR) is 206 cm³/mol. The molecule has 246 valence electrons. The van der Waals surface area contributed by atoms with E-state index in [1.807, 2.05) is 46.2 Å². The van der Waals surface area contributed by atoms with Crippen LogP contribution < -0.4 is 24.8 Å². The van der Waals surface area contributed by atoms with E-state index < -0.39 is 0 Å². The van der Waals surface area contributed by atoms with Crippen LogP contribution >= 0.6 is 24.4 Å². The fourth-order valence-corrected chi connectivity index (χ4v) is 2.94. The summed E-state index contributed by atoms with van der Waals surface area (Å²) in [5.41, 5.74) is 2.36. The van der Waals surface area contributed by atoms with Gasteiger partial charge in [0.1, 0.15) is 0 Å². The monoisotopic (exact) mass is 928 g/mol. The molecule has 0 unspecified atom stereocenters. The van der Waals surface area contributed by atoms with Crippen molar-refractivity contribution >= 4 is 106 Å². The number of nitrogens with zero attached hydrogens (tertiary/aromatic N) is 2. The summed E-state index contributed by atoms with van der Waals surface area (Å²) in [6.45, 7) is 25.7. The molecule has 0 heterocycles. The molecular formula is C34H54Cl2N2S4Sn2. The van der Waals surface area contributed by atoms with Gasteiger partial charge in [0.15, 0.2) is 0 Å². The second kappa shape index (κ2) is 48.2. The Labute approximate surface area is 342 Å². The van der Waals surface area contributed by atoms with Crippen molar-refractivity contribution in [3.8, 4) is 0 Å². The first kappa shape index (κ1) is 60.2. The van der Waals surface area contributed by atoms with Crippen LogP contribution in [0.4, 0.5) is 0 Å². The van der Waals surface area contributed by atoms with E-state index in [1.54, 1.807) is 0 Å². The van der Waals surface area contributed by atoms with Gasteiger partial charge in [-0.15, -0.1) is 0 Å². The predicted octanol–water partition coefficient (Wildman–Crippen LogP) is 3.38. The van der Waals surface area contributed by atoms with Gasteiger partial charge < -0.3 is 84.3 Å². The molecule has 0 amide bonds. The zero-order valence-corrected chi connectivity index (χ0v) is 37.9.